The second kappa shape index (κ2) is 6.55. The minimum atomic E-state index is -3.05. The van der Waals surface area contributed by atoms with Gasteiger partial charge in [0.15, 0.2) is 0 Å². The SMILES string of the molecule is O=S(=O)(C1CCCCC1)N1CCN(CCCl)CC1. The summed E-state index contributed by atoms with van der Waals surface area (Å²) in [5.74, 6) is 0.620. The summed E-state index contributed by atoms with van der Waals surface area (Å²) in [4.78, 5) is 2.24. The van der Waals surface area contributed by atoms with Gasteiger partial charge in [-0.1, -0.05) is 19.3 Å². The van der Waals surface area contributed by atoms with Crippen LogP contribution in [0.3, 0.4) is 0 Å². The molecular weight excluding hydrogens is 272 g/mol. The molecule has 2 aliphatic rings. The summed E-state index contributed by atoms with van der Waals surface area (Å²) in [5.41, 5.74) is 0. The highest BCUT2D eigenvalue weighted by molar-refractivity contribution is 7.89. The predicted octanol–water partition coefficient (Wildman–Crippen LogP) is 1.51. The van der Waals surface area contributed by atoms with E-state index in [0.29, 0.717) is 19.0 Å². The maximum absolute atomic E-state index is 12.5. The Kier molecular flexibility index (Phi) is 5.30. The lowest BCUT2D eigenvalue weighted by molar-refractivity contribution is 0.195. The van der Waals surface area contributed by atoms with Gasteiger partial charge in [-0.15, -0.1) is 11.6 Å². The molecule has 106 valence electrons. The topological polar surface area (TPSA) is 40.6 Å². The summed E-state index contributed by atoms with van der Waals surface area (Å²) in [7, 11) is -3.05. The third kappa shape index (κ3) is 3.38. The molecule has 6 heteroatoms. The summed E-state index contributed by atoms with van der Waals surface area (Å²) in [6, 6.07) is 0. The molecule has 0 bridgehead atoms. The van der Waals surface area contributed by atoms with Gasteiger partial charge in [0.05, 0.1) is 5.25 Å². The fourth-order valence-electron chi connectivity index (χ4n) is 2.90. The van der Waals surface area contributed by atoms with E-state index in [1.807, 2.05) is 0 Å². The molecule has 18 heavy (non-hydrogen) atoms. The van der Waals surface area contributed by atoms with Gasteiger partial charge in [0.1, 0.15) is 0 Å². The minimum Gasteiger partial charge on any atom is -0.300 e. The van der Waals surface area contributed by atoms with Crippen LogP contribution in [0.2, 0.25) is 0 Å². The zero-order valence-electron chi connectivity index (χ0n) is 10.9. The van der Waals surface area contributed by atoms with Crippen LogP contribution >= 0.6 is 11.6 Å². The fourth-order valence-corrected chi connectivity index (χ4v) is 5.16. The monoisotopic (exact) mass is 294 g/mol. The molecule has 0 aromatic rings. The molecule has 0 atom stereocenters. The van der Waals surface area contributed by atoms with Crippen LogP contribution in [0.4, 0.5) is 0 Å². The Balaban J connectivity index is 1.91. The lowest BCUT2D eigenvalue weighted by atomic mass is 10.0. The number of piperazine rings is 1. The molecule has 0 radical (unpaired) electrons. The van der Waals surface area contributed by atoms with E-state index in [2.05, 4.69) is 4.90 Å². The van der Waals surface area contributed by atoms with Crippen LogP contribution in [-0.2, 0) is 10.0 Å². The van der Waals surface area contributed by atoms with E-state index in [4.69, 9.17) is 11.6 Å². The molecule has 4 nitrogen and oxygen atoms in total. The number of hydrogen-bond donors (Lipinski definition) is 0. The Bertz CT molecular complexity index is 347. The van der Waals surface area contributed by atoms with Gasteiger partial charge in [-0.3, -0.25) is 4.90 Å². The number of rotatable bonds is 4. The van der Waals surface area contributed by atoms with Gasteiger partial charge in [-0.25, -0.2) is 8.42 Å². The second-order valence-electron chi connectivity index (χ2n) is 5.23. The van der Waals surface area contributed by atoms with E-state index in [0.717, 1.165) is 45.3 Å². The molecule has 1 aliphatic carbocycles. The average Bonchev–Trinajstić information content (AvgIpc) is 2.41. The van der Waals surface area contributed by atoms with Crippen molar-refractivity contribution >= 4 is 21.6 Å². The van der Waals surface area contributed by atoms with E-state index in [1.165, 1.54) is 6.42 Å². The van der Waals surface area contributed by atoms with Crippen LogP contribution < -0.4 is 0 Å². The molecule has 1 saturated heterocycles. The van der Waals surface area contributed by atoms with Crippen molar-refractivity contribution in [3.05, 3.63) is 0 Å². The number of halogens is 1. The van der Waals surface area contributed by atoms with Crippen molar-refractivity contribution < 1.29 is 8.42 Å². The Morgan fingerprint density at radius 1 is 1.00 bits per heavy atom. The van der Waals surface area contributed by atoms with E-state index >= 15 is 0 Å². The van der Waals surface area contributed by atoms with Crippen LogP contribution in [0.1, 0.15) is 32.1 Å². The summed E-state index contributed by atoms with van der Waals surface area (Å²) < 4.78 is 26.7. The van der Waals surface area contributed by atoms with E-state index in [9.17, 15) is 8.42 Å². The van der Waals surface area contributed by atoms with Gasteiger partial charge in [0.2, 0.25) is 10.0 Å². The molecule has 0 amide bonds. The molecule has 1 heterocycles. The number of alkyl halides is 1. The Labute approximate surface area is 115 Å². The van der Waals surface area contributed by atoms with Gasteiger partial charge in [0.25, 0.3) is 0 Å². The molecule has 0 aromatic heterocycles. The highest BCUT2D eigenvalue weighted by Gasteiger charge is 2.34. The molecule has 2 rings (SSSR count). The third-order valence-corrected chi connectivity index (χ3v) is 6.63. The maximum Gasteiger partial charge on any atom is 0.217 e. The lowest BCUT2D eigenvalue weighted by Gasteiger charge is -2.36. The summed E-state index contributed by atoms with van der Waals surface area (Å²) >= 11 is 5.71. The first kappa shape index (κ1) is 14.6. The normalized spacial score (nSPS) is 25.4. The lowest BCUT2D eigenvalue weighted by Crippen LogP contribution is -2.51. The van der Waals surface area contributed by atoms with Crippen molar-refractivity contribution in [1.82, 2.24) is 9.21 Å². The maximum atomic E-state index is 12.5. The molecule has 2 fully saturated rings. The first-order valence-corrected chi connectivity index (χ1v) is 8.95. The predicted molar refractivity (Wildman–Crippen MR) is 74.5 cm³/mol. The second-order valence-corrected chi connectivity index (χ2v) is 7.83. The van der Waals surface area contributed by atoms with Crippen molar-refractivity contribution in [2.24, 2.45) is 0 Å². The van der Waals surface area contributed by atoms with Crippen LogP contribution in [-0.4, -0.2) is 61.5 Å². The van der Waals surface area contributed by atoms with Gasteiger partial charge in [0, 0.05) is 38.6 Å². The van der Waals surface area contributed by atoms with Crippen LogP contribution in [0.15, 0.2) is 0 Å². The van der Waals surface area contributed by atoms with Crippen molar-refractivity contribution in [2.75, 3.05) is 38.6 Å². The van der Waals surface area contributed by atoms with E-state index in [1.54, 1.807) is 4.31 Å². The minimum absolute atomic E-state index is 0.120. The van der Waals surface area contributed by atoms with E-state index < -0.39 is 10.0 Å². The summed E-state index contributed by atoms with van der Waals surface area (Å²) in [5, 5.41) is -0.120. The quantitative estimate of drug-likeness (QED) is 0.738. The molecule has 0 N–H and O–H groups in total. The zero-order valence-corrected chi connectivity index (χ0v) is 12.4. The third-order valence-electron chi connectivity index (χ3n) is 4.07. The number of hydrogen-bond acceptors (Lipinski definition) is 3. The standard InChI is InChI=1S/C12H23ClN2O2S/c13-6-7-14-8-10-15(11-9-14)18(16,17)12-4-2-1-3-5-12/h12H,1-11H2. The largest absolute Gasteiger partial charge is 0.300 e. The summed E-state index contributed by atoms with van der Waals surface area (Å²) in [6.45, 7) is 3.77. The molecule has 0 spiro atoms. The number of nitrogens with zero attached hydrogens (tertiary/aromatic N) is 2. The molecule has 0 aromatic carbocycles. The van der Waals surface area contributed by atoms with Crippen LogP contribution in [0.25, 0.3) is 0 Å². The highest BCUT2D eigenvalue weighted by atomic mass is 35.5. The van der Waals surface area contributed by atoms with Crippen molar-refractivity contribution in [3.63, 3.8) is 0 Å². The Hall–Kier alpha value is 0.160. The average molecular weight is 295 g/mol. The fraction of sp³-hybridized carbons (Fsp3) is 1.00. The van der Waals surface area contributed by atoms with Crippen LogP contribution in [0.5, 0.6) is 0 Å². The molecular formula is C12H23ClN2O2S. The Morgan fingerprint density at radius 2 is 1.61 bits per heavy atom. The van der Waals surface area contributed by atoms with Crippen LogP contribution in [0, 0.1) is 0 Å². The smallest absolute Gasteiger partial charge is 0.217 e. The van der Waals surface area contributed by atoms with Gasteiger partial charge in [-0.05, 0) is 12.8 Å². The highest BCUT2D eigenvalue weighted by Crippen LogP contribution is 2.26. The van der Waals surface area contributed by atoms with Gasteiger partial charge < -0.3 is 0 Å². The first-order valence-electron chi connectivity index (χ1n) is 6.92. The van der Waals surface area contributed by atoms with Gasteiger partial charge in [-0.2, -0.15) is 4.31 Å². The molecule has 0 unspecified atom stereocenters. The Morgan fingerprint density at radius 3 is 2.17 bits per heavy atom. The number of sulfonamides is 1. The van der Waals surface area contributed by atoms with Crippen molar-refractivity contribution in [1.29, 1.82) is 0 Å². The van der Waals surface area contributed by atoms with Crippen molar-refractivity contribution in [3.8, 4) is 0 Å². The van der Waals surface area contributed by atoms with E-state index in [-0.39, 0.29) is 5.25 Å². The zero-order chi connectivity index (χ0) is 13.0. The van der Waals surface area contributed by atoms with Crippen molar-refractivity contribution in [2.45, 2.75) is 37.4 Å². The molecule has 1 saturated carbocycles. The summed E-state index contributed by atoms with van der Waals surface area (Å²) in [6.07, 6.45) is 5.02. The van der Waals surface area contributed by atoms with Gasteiger partial charge >= 0.3 is 0 Å². The first-order chi connectivity index (χ1) is 8.64. The molecule has 1 aliphatic heterocycles.